The van der Waals surface area contributed by atoms with E-state index in [-0.39, 0.29) is 11.9 Å². The first kappa shape index (κ1) is 10.2. The molecule has 0 amide bonds. The number of likely N-dealkylation sites (N-methyl/N-ethyl adjacent to an activating group) is 1. The fourth-order valence-electron chi connectivity index (χ4n) is 1.27. The zero-order valence-corrected chi connectivity index (χ0v) is 8.00. The maximum atomic E-state index is 13.2. The molecule has 0 saturated heterocycles. The van der Waals surface area contributed by atoms with Gasteiger partial charge in [-0.1, -0.05) is 18.2 Å². The highest BCUT2D eigenvalue weighted by Crippen LogP contribution is 2.14. The van der Waals surface area contributed by atoms with Gasteiger partial charge in [-0.2, -0.15) is 0 Å². The summed E-state index contributed by atoms with van der Waals surface area (Å²) in [6.45, 7) is 0.654. The Morgan fingerprint density at radius 2 is 2.00 bits per heavy atom. The lowest BCUT2D eigenvalue weighted by molar-refractivity contribution is 0.371. The number of hydrogen-bond acceptors (Lipinski definition) is 2. The van der Waals surface area contributed by atoms with Gasteiger partial charge in [0.2, 0.25) is 0 Å². The molecule has 1 rings (SSSR count). The minimum atomic E-state index is -0.254. The molecule has 13 heavy (non-hydrogen) atoms. The number of nitrogens with zero attached hydrogens (tertiary/aromatic N) is 1. The van der Waals surface area contributed by atoms with Crippen LogP contribution < -0.4 is 5.73 Å². The first-order valence-electron chi connectivity index (χ1n) is 4.26. The van der Waals surface area contributed by atoms with Gasteiger partial charge in [-0.15, -0.1) is 0 Å². The van der Waals surface area contributed by atoms with Gasteiger partial charge in [0.05, 0.1) is 0 Å². The lowest BCUT2D eigenvalue weighted by Gasteiger charge is -2.17. The molecule has 2 nitrogen and oxygen atoms in total. The molecule has 0 aromatic heterocycles. The molecule has 0 spiro atoms. The first-order chi connectivity index (χ1) is 6.11. The Hall–Kier alpha value is -0.930. The van der Waals surface area contributed by atoms with Crippen molar-refractivity contribution in [3.63, 3.8) is 0 Å². The van der Waals surface area contributed by atoms with Crippen molar-refractivity contribution in [3.8, 4) is 0 Å². The summed E-state index contributed by atoms with van der Waals surface area (Å²) in [4.78, 5) is 1.94. The summed E-state index contributed by atoms with van der Waals surface area (Å²) in [7, 11) is 3.83. The number of nitrogens with two attached hydrogens (primary N) is 1. The first-order valence-corrected chi connectivity index (χ1v) is 4.26. The van der Waals surface area contributed by atoms with Crippen molar-refractivity contribution in [2.45, 2.75) is 6.04 Å². The van der Waals surface area contributed by atoms with Gasteiger partial charge in [0.1, 0.15) is 5.82 Å². The van der Waals surface area contributed by atoms with Crippen molar-refractivity contribution in [1.29, 1.82) is 0 Å². The highest BCUT2D eigenvalue weighted by molar-refractivity contribution is 5.20. The molecule has 1 aromatic rings. The summed E-state index contributed by atoms with van der Waals surface area (Å²) in [6.07, 6.45) is 0. The topological polar surface area (TPSA) is 29.3 Å². The van der Waals surface area contributed by atoms with Crippen LogP contribution in [0.5, 0.6) is 0 Å². The van der Waals surface area contributed by atoms with Crippen LogP contribution in [0.4, 0.5) is 4.39 Å². The van der Waals surface area contributed by atoms with Gasteiger partial charge in [-0.25, -0.2) is 4.39 Å². The second-order valence-corrected chi connectivity index (χ2v) is 3.39. The van der Waals surface area contributed by atoms with E-state index >= 15 is 0 Å². The van der Waals surface area contributed by atoms with E-state index in [0.29, 0.717) is 12.1 Å². The Morgan fingerprint density at radius 3 is 2.54 bits per heavy atom. The smallest absolute Gasteiger partial charge is 0.128 e. The Kier molecular flexibility index (Phi) is 3.39. The van der Waals surface area contributed by atoms with Gasteiger partial charge in [0, 0.05) is 18.2 Å². The van der Waals surface area contributed by atoms with Crippen molar-refractivity contribution in [2.75, 3.05) is 20.6 Å². The standard InChI is InChI=1S/C10H15FN2/c1-13(2)7-10(12)8-5-3-4-6-9(8)11/h3-6,10H,7,12H2,1-2H3. The van der Waals surface area contributed by atoms with Crippen LogP contribution in [0.3, 0.4) is 0 Å². The Labute approximate surface area is 78.2 Å². The van der Waals surface area contributed by atoms with Crippen LogP contribution in [-0.2, 0) is 0 Å². The summed E-state index contributed by atoms with van der Waals surface area (Å²) < 4.78 is 13.2. The molecule has 1 aromatic carbocycles. The number of hydrogen-bond donors (Lipinski definition) is 1. The van der Waals surface area contributed by atoms with Gasteiger partial charge in [0.25, 0.3) is 0 Å². The molecule has 0 heterocycles. The molecular formula is C10H15FN2. The summed E-state index contributed by atoms with van der Waals surface area (Å²) in [5, 5.41) is 0. The molecule has 72 valence electrons. The third kappa shape index (κ3) is 2.79. The van der Waals surface area contributed by atoms with Gasteiger partial charge in [-0.05, 0) is 20.2 Å². The minimum Gasteiger partial charge on any atom is -0.323 e. The van der Waals surface area contributed by atoms with E-state index < -0.39 is 0 Å². The van der Waals surface area contributed by atoms with Gasteiger partial charge in [-0.3, -0.25) is 0 Å². The van der Waals surface area contributed by atoms with Crippen LogP contribution in [0, 0.1) is 5.82 Å². The van der Waals surface area contributed by atoms with Crippen LogP contribution in [-0.4, -0.2) is 25.5 Å². The summed E-state index contributed by atoms with van der Waals surface area (Å²) in [5.41, 5.74) is 6.39. The van der Waals surface area contributed by atoms with Crippen LogP contribution >= 0.6 is 0 Å². The molecule has 1 unspecified atom stereocenters. The average molecular weight is 182 g/mol. The van der Waals surface area contributed by atoms with Gasteiger partial charge >= 0.3 is 0 Å². The Bertz CT molecular complexity index is 273. The minimum absolute atomic E-state index is 0.225. The number of benzene rings is 1. The lowest BCUT2D eigenvalue weighted by Crippen LogP contribution is -2.26. The summed E-state index contributed by atoms with van der Waals surface area (Å²) >= 11 is 0. The maximum Gasteiger partial charge on any atom is 0.128 e. The van der Waals surface area contributed by atoms with Crippen molar-refractivity contribution in [3.05, 3.63) is 35.6 Å². The summed E-state index contributed by atoms with van der Waals surface area (Å²) in [5.74, 6) is -0.225. The largest absolute Gasteiger partial charge is 0.323 e. The number of rotatable bonds is 3. The monoisotopic (exact) mass is 182 g/mol. The van der Waals surface area contributed by atoms with Crippen LogP contribution in [0.15, 0.2) is 24.3 Å². The van der Waals surface area contributed by atoms with Crippen LogP contribution in [0.1, 0.15) is 11.6 Å². The quantitative estimate of drug-likeness (QED) is 0.765. The van der Waals surface area contributed by atoms with E-state index in [4.69, 9.17) is 5.73 Å². The molecular weight excluding hydrogens is 167 g/mol. The SMILES string of the molecule is CN(C)CC(N)c1ccccc1F. The van der Waals surface area contributed by atoms with Crippen molar-refractivity contribution in [2.24, 2.45) is 5.73 Å². The highest BCUT2D eigenvalue weighted by Gasteiger charge is 2.10. The fourth-order valence-corrected chi connectivity index (χ4v) is 1.27. The van der Waals surface area contributed by atoms with Gasteiger partial charge < -0.3 is 10.6 Å². The summed E-state index contributed by atoms with van der Waals surface area (Å²) in [6, 6.07) is 6.37. The van der Waals surface area contributed by atoms with E-state index in [2.05, 4.69) is 0 Å². The van der Waals surface area contributed by atoms with Gasteiger partial charge in [0.15, 0.2) is 0 Å². The second-order valence-electron chi connectivity index (χ2n) is 3.39. The van der Waals surface area contributed by atoms with E-state index in [1.807, 2.05) is 19.0 Å². The van der Waals surface area contributed by atoms with E-state index in [1.165, 1.54) is 6.07 Å². The van der Waals surface area contributed by atoms with Crippen LogP contribution in [0.25, 0.3) is 0 Å². The molecule has 2 N–H and O–H groups in total. The normalized spacial score (nSPS) is 13.3. The Balaban J connectivity index is 2.76. The molecule has 0 bridgehead atoms. The molecule has 0 aliphatic carbocycles. The molecule has 3 heteroatoms. The Morgan fingerprint density at radius 1 is 1.38 bits per heavy atom. The fraction of sp³-hybridized carbons (Fsp3) is 0.400. The van der Waals surface area contributed by atoms with E-state index in [9.17, 15) is 4.39 Å². The lowest BCUT2D eigenvalue weighted by atomic mass is 10.1. The number of halogens is 1. The zero-order valence-electron chi connectivity index (χ0n) is 8.00. The molecule has 0 radical (unpaired) electrons. The van der Waals surface area contributed by atoms with E-state index in [0.717, 1.165) is 0 Å². The molecule has 0 fully saturated rings. The predicted molar refractivity (Wildman–Crippen MR) is 51.9 cm³/mol. The third-order valence-electron chi connectivity index (χ3n) is 1.87. The van der Waals surface area contributed by atoms with Crippen molar-refractivity contribution < 1.29 is 4.39 Å². The average Bonchev–Trinajstić information content (AvgIpc) is 2.03. The second kappa shape index (κ2) is 4.35. The van der Waals surface area contributed by atoms with E-state index in [1.54, 1.807) is 18.2 Å². The zero-order chi connectivity index (χ0) is 9.84. The molecule has 0 aliphatic rings. The molecule has 0 saturated carbocycles. The van der Waals surface area contributed by atoms with Crippen molar-refractivity contribution in [1.82, 2.24) is 4.90 Å². The molecule has 1 atom stereocenters. The molecule has 0 aliphatic heterocycles. The highest BCUT2D eigenvalue weighted by atomic mass is 19.1. The maximum absolute atomic E-state index is 13.2. The van der Waals surface area contributed by atoms with Crippen molar-refractivity contribution >= 4 is 0 Å². The predicted octanol–water partition coefficient (Wildman–Crippen LogP) is 1.39. The third-order valence-corrected chi connectivity index (χ3v) is 1.87. The van der Waals surface area contributed by atoms with Crippen LogP contribution in [0.2, 0.25) is 0 Å².